The van der Waals surface area contributed by atoms with Crippen LogP contribution in [-0.2, 0) is 20.0 Å². The fourth-order valence-electron chi connectivity index (χ4n) is 4.02. The Hall–Kier alpha value is -1.85. The maximum atomic E-state index is 14.6. The zero-order valence-corrected chi connectivity index (χ0v) is 21.4. The van der Waals surface area contributed by atoms with Crippen LogP contribution in [0.3, 0.4) is 0 Å². The molecule has 0 radical (unpaired) electrons. The first-order chi connectivity index (χ1) is 15.9. The van der Waals surface area contributed by atoms with Crippen LogP contribution < -0.4 is 4.72 Å². The van der Waals surface area contributed by atoms with Gasteiger partial charge in [-0.3, -0.25) is 4.79 Å². The van der Waals surface area contributed by atoms with Crippen molar-refractivity contribution in [2.45, 2.75) is 26.7 Å². The van der Waals surface area contributed by atoms with Gasteiger partial charge in [0.2, 0.25) is 20.0 Å². The number of nitrogens with one attached hydrogen (secondary N) is 1. The van der Waals surface area contributed by atoms with Crippen molar-refractivity contribution in [3.8, 4) is 11.1 Å². The number of hydrogen-bond acceptors (Lipinski definition) is 5. The SMILES string of the molecule is CCS(=O)(=O)N1CCCC(CS(=O)(=O)NCC(=O)c2cc(-c3cccc(C)c3)cc(Cl)c2F)C1. The second-order valence-electron chi connectivity index (χ2n) is 8.48. The highest BCUT2D eigenvalue weighted by atomic mass is 35.5. The molecule has 1 aliphatic rings. The molecular weight excluding hydrogens is 503 g/mol. The number of halogens is 2. The van der Waals surface area contributed by atoms with E-state index >= 15 is 0 Å². The highest BCUT2D eigenvalue weighted by Gasteiger charge is 2.30. The number of carbonyl (C=O) groups is 1. The van der Waals surface area contributed by atoms with Gasteiger partial charge in [0.15, 0.2) is 11.6 Å². The summed E-state index contributed by atoms with van der Waals surface area (Å²) in [4.78, 5) is 12.7. The van der Waals surface area contributed by atoms with E-state index in [-0.39, 0.29) is 28.6 Å². The Kier molecular flexibility index (Phi) is 8.51. The largest absolute Gasteiger partial charge is 0.293 e. The number of ketones is 1. The number of rotatable bonds is 9. The first-order valence-electron chi connectivity index (χ1n) is 11.0. The second kappa shape index (κ2) is 10.8. The normalized spacial score (nSPS) is 17.6. The summed E-state index contributed by atoms with van der Waals surface area (Å²) < 4.78 is 67.6. The Balaban J connectivity index is 1.70. The molecule has 1 fully saturated rings. The van der Waals surface area contributed by atoms with Crippen molar-refractivity contribution in [3.63, 3.8) is 0 Å². The number of piperidine rings is 1. The lowest BCUT2D eigenvalue weighted by atomic mass is 9.99. The van der Waals surface area contributed by atoms with Crippen molar-refractivity contribution in [2.24, 2.45) is 5.92 Å². The average molecular weight is 531 g/mol. The van der Waals surface area contributed by atoms with Crippen molar-refractivity contribution < 1.29 is 26.0 Å². The van der Waals surface area contributed by atoms with Gasteiger partial charge in [0, 0.05) is 13.1 Å². The molecule has 0 aromatic heterocycles. The number of Topliss-reactive ketones (excluding diaryl/α,β-unsaturated/α-hetero) is 1. The molecule has 2 aromatic rings. The third-order valence-corrected chi connectivity index (χ3v) is 9.45. The zero-order chi connectivity index (χ0) is 25.1. The van der Waals surface area contributed by atoms with E-state index in [0.29, 0.717) is 24.9 Å². The van der Waals surface area contributed by atoms with Crippen molar-refractivity contribution >= 4 is 37.4 Å². The van der Waals surface area contributed by atoms with E-state index in [1.54, 1.807) is 13.0 Å². The maximum Gasteiger partial charge on any atom is 0.213 e. The van der Waals surface area contributed by atoms with E-state index in [9.17, 15) is 26.0 Å². The maximum absolute atomic E-state index is 14.6. The molecule has 1 saturated heterocycles. The molecule has 7 nitrogen and oxygen atoms in total. The van der Waals surface area contributed by atoms with Gasteiger partial charge in [0.05, 0.1) is 28.6 Å². The molecule has 0 aliphatic carbocycles. The predicted octanol–water partition coefficient (Wildman–Crippen LogP) is 3.62. The lowest BCUT2D eigenvalue weighted by molar-refractivity contribution is 0.0993. The minimum absolute atomic E-state index is 0.0467. The highest BCUT2D eigenvalue weighted by molar-refractivity contribution is 7.89. The van der Waals surface area contributed by atoms with E-state index in [4.69, 9.17) is 11.6 Å². The molecule has 1 N–H and O–H groups in total. The summed E-state index contributed by atoms with van der Waals surface area (Å²) in [5.74, 6) is -2.41. The van der Waals surface area contributed by atoms with E-state index in [1.165, 1.54) is 16.4 Å². The van der Waals surface area contributed by atoms with E-state index in [1.807, 2.05) is 25.1 Å². The van der Waals surface area contributed by atoms with Crippen LogP contribution in [0.4, 0.5) is 4.39 Å². The molecule has 2 aromatic carbocycles. The topological polar surface area (TPSA) is 101 Å². The van der Waals surface area contributed by atoms with Crippen LogP contribution in [0.1, 0.15) is 35.7 Å². The molecule has 1 aliphatic heterocycles. The third-order valence-electron chi connectivity index (χ3n) is 5.83. The molecule has 34 heavy (non-hydrogen) atoms. The highest BCUT2D eigenvalue weighted by Crippen LogP contribution is 2.29. The Bertz CT molecular complexity index is 1280. The van der Waals surface area contributed by atoms with Crippen LogP contribution in [0.15, 0.2) is 36.4 Å². The molecular formula is C23H28ClFN2O5S2. The van der Waals surface area contributed by atoms with Gasteiger partial charge in [0.1, 0.15) is 0 Å². The molecule has 0 amide bonds. The number of hydrogen-bond donors (Lipinski definition) is 1. The summed E-state index contributed by atoms with van der Waals surface area (Å²) >= 11 is 6.01. The molecule has 11 heteroatoms. The molecule has 3 rings (SSSR count). The van der Waals surface area contributed by atoms with Crippen molar-refractivity contribution in [3.05, 3.63) is 58.4 Å². The summed E-state index contributed by atoms with van der Waals surface area (Å²) in [5, 5.41) is -0.232. The van der Waals surface area contributed by atoms with Gasteiger partial charge in [0.25, 0.3) is 0 Å². The number of sulfonamides is 2. The Morgan fingerprint density at radius 1 is 1.18 bits per heavy atom. The van der Waals surface area contributed by atoms with Gasteiger partial charge in [-0.1, -0.05) is 41.4 Å². The fourth-order valence-corrected chi connectivity index (χ4v) is 6.81. The monoisotopic (exact) mass is 530 g/mol. The van der Waals surface area contributed by atoms with Gasteiger partial charge in [-0.15, -0.1) is 0 Å². The number of carbonyl (C=O) groups excluding carboxylic acids is 1. The molecule has 1 heterocycles. The second-order valence-corrected chi connectivity index (χ2v) is 13.0. The summed E-state index contributed by atoms with van der Waals surface area (Å²) in [6.45, 7) is 3.31. The van der Waals surface area contributed by atoms with Crippen LogP contribution in [0.2, 0.25) is 5.02 Å². The van der Waals surface area contributed by atoms with Gasteiger partial charge in [-0.2, -0.15) is 0 Å². The zero-order valence-electron chi connectivity index (χ0n) is 19.1. The quantitative estimate of drug-likeness (QED) is 0.499. The van der Waals surface area contributed by atoms with Gasteiger partial charge in [-0.25, -0.2) is 30.3 Å². The van der Waals surface area contributed by atoms with E-state index in [2.05, 4.69) is 4.72 Å². The van der Waals surface area contributed by atoms with Gasteiger partial charge < -0.3 is 0 Å². The number of benzene rings is 2. The van der Waals surface area contributed by atoms with Crippen LogP contribution in [-0.4, -0.2) is 58.1 Å². The standard InChI is InChI=1S/C23H28ClFN2O5S2/c1-3-34(31,32)27-9-5-7-17(14-27)15-33(29,30)26-13-22(28)20-11-19(12-21(24)23(20)25)18-8-4-6-16(2)10-18/h4,6,8,10-12,17,26H,3,5,7,9,13-15H2,1-2H3. The lowest BCUT2D eigenvalue weighted by Crippen LogP contribution is -2.44. The number of nitrogens with zero attached hydrogens (tertiary/aromatic N) is 1. The number of aryl methyl sites for hydroxylation is 1. The molecule has 1 atom stereocenters. The molecule has 0 bridgehead atoms. The van der Waals surface area contributed by atoms with E-state index in [0.717, 1.165) is 11.1 Å². The average Bonchev–Trinajstić information content (AvgIpc) is 2.79. The van der Waals surface area contributed by atoms with Crippen molar-refractivity contribution in [1.29, 1.82) is 0 Å². The Labute approximate surface area is 205 Å². The Morgan fingerprint density at radius 2 is 1.91 bits per heavy atom. The van der Waals surface area contributed by atoms with Crippen LogP contribution >= 0.6 is 11.6 Å². The summed E-state index contributed by atoms with van der Waals surface area (Å²) in [6.07, 6.45) is 1.13. The fraction of sp³-hybridized carbons (Fsp3) is 0.435. The first kappa shape index (κ1) is 26.7. The van der Waals surface area contributed by atoms with Crippen molar-refractivity contribution in [1.82, 2.24) is 9.03 Å². The first-order valence-corrected chi connectivity index (χ1v) is 14.6. The van der Waals surface area contributed by atoms with Crippen LogP contribution in [0.5, 0.6) is 0 Å². The molecule has 186 valence electrons. The van der Waals surface area contributed by atoms with Crippen LogP contribution in [0.25, 0.3) is 11.1 Å². The lowest BCUT2D eigenvalue weighted by Gasteiger charge is -2.31. The van der Waals surface area contributed by atoms with Crippen molar-refractivity contribution in [2.75, 3.05) is 31.1 Å². The van der Waals surface area contributed by atoms with Gasteiger partial charge in [-0.05, 0) is 55.9 Å². The summed E-state index contributed by atoms with van der Waals surface area (Å²) in [5.41, 5.74) is 1.97. The Morgan fingerprint density at radius 3 is 2.59 bits per heavy atom. The molecule has 0 saturated carbocycles. The van der Waals surface area contributed by atoms with Gasteiger partial charge >= 0.3 is 0 Å². The summed E-state index contributed by atoms with van der Waals surface area (Å²) in [7, 11) is -7.30. The molecule has 1 unspecified atom stereocenters. The minimum Gasteiger partial charge on any atom is -0.293 e. The smallest absolute Gasteiger partial charge is 0.213 e. The minimum atomic E-state index is -3.90. The third kappa shape index (κ3) is 6.63. The summed E-state index contributed by atoms with van der Waals surface area (Å²) in [6, 6.07) is 10.2. The molecule has 0 spiro atoms. The van der Waals surface area contributed by atoms with E-state index < -0.39 is 44.1 Å². The van der Waals surface area contributed by atoms with Crippen LogP contribution in [0, 0.1) is 18.7 Å². The predicted molar refractivity (Wildman–Crippen MR) is 131 cm³/mol.